The largest absolute Gasteiger partial charge is 0.416 e. The molecule has 116 valence electrons. The van der Waals surface area contributed by atoms with Crippen LogP contribution in [0.1, 0.15) is 43.7 Å². The van der Waals surface area contributed by atoms with Crippen LogP contribution in [0.25, 0.3) is 0 Å². The van der Waals surface area contributed by atoms with Gasteiger partial charge in [0.05, 0.1) is 12.0 Å². The molecule has 1 aliphatic rings. The van der Waals surface area contributed by atoms with Crippen molar-refractivity contribution >= 4 is 5.91 Å². The Morgan fingerprint density at radius 1 is 1.19 bits per heavy atom. The van der Waals surface area contributed by atoms with Gasteiger partial charge in [-0.2, -0.15) is 13.2 Å². The average Bonchev–Trinajstić information content (AvgIpc) is 2.41. The van der Waals surface area contributed by atoms with Crippen molar-refractivity contribution in [1.82, 2.24) is 5.32 Å². The Morgan fingerprint density at radius 2 is 1.81 bits per heavy atom. The lowest BCUT2D eigenvalue weighted by Gasteiger charge is -2.29. The summed E-state index contributed by atoms with van der Waals surface area (Å²) < 4.78 is 37.4. The minimum atomic E-state index is -4.34. The molecule has 0 aromatic heterocycles. The molecular formula is C16H20F3NO. The highest BCUT2D eigenvalue weighted by Gasteiger charge is 2.30. The second-order valence-corrected chi connectivity index (χ2v) is 5.81. The van der Waals surface area contributed by atoms with Crippen molar-refractivity contribution < 1.29 is 18.0 Å². The van der Waals surface area contributed by atoms with Gasteiger partial charge in [-0.1, -0.05) is 31.9 Å². The molecule has 1 aromatic rings. The van der Waals surface area contributed by atoms with Crippen LogP contribution in [-0.4, -0.2) is 11.9 Å². The SMILES string of the molecule is CC1CCCCC1NC(=O)Cc1ccc(C(F)(F)F)cc1. The Bertz CT molecular complexity index is 481. The van der Waals surface area contributed by atoms with Crippen molar-refractivity contribution in [2.75, 3.05) is 0 Å². The molecule has 5 heteroatoms. The van der Waals surface area contributed by atoms with Crippen molar-refractivity contribution in [1.29, 1.82) is 0 Å². The van der Waals surface area contributed by atoms with Gasteiger partial charge in [0, 0.05) is 6.04 Å². The van der Waals surface area contributed by atoms with Crippen LogP contribution in [0.3, 0.4) is 0 Å². The van der Waals surface area contributed by atoms with E-state index in [1.807, 2.05) is 0 Å². The van der Waals surface area contributed by atoms with Crippen LogP contribution in [0, 0.1) is 5.92 Å². The third-order valence-corrected chi connectivity index (χ3v) is 4.10. The first-order chi connectivity index (χ1) is 9.86. The number of hydrogen-bond donors (Lipinski definition) is 1. The molecule has 0 saturated heterocycles. The Balaban J connectivity index is 1.90. The van der Waals surface area contributed by atoms with Gasteiger partial charge in [-0.3, -0.25) is 4.79 Å². The minimum absolute atomic E-state index is 0.117. The van der Waals surface area contributed by atoms with E-state index in [1.165, 1.54) is 18.6 Å². The Kier molecular flexibility index (Phi) is 4.91. The molecular weight excluding hydrogens is 279 g/mol. The Morgan fingerprint density at radius 3 is 2.38 bits per heavy atom. The maximum atomic E-state index is 12.5. The molecule has 2 rings (SSSR count). The average molecular weight is 299 g/mol. The summed E-state index contributed by atoms with van der Waals surface area (Å²) in [5.74, 6) is 0.351. The number of carbonyl (C=O) groups is 1. The number of nitrogens with one attached hydrogen (secondary N) is 1. The quantitative estimate of drug-likeness (QED) is 0.900. The topological polar surface area (TPSA) is 29.1 Å². The zero-order valence-electron chi connectivity index (χ0n) is 12.0. The third kappa shape index (κ3) is 4.48. The van der Waals surface area contributed by atoms with Crippen LogP contribution in [0.15, 0.2) is 24.3 Å². The maximum Gasteiger partial charge on any atom is 0.416 e. The summed E-state index contributed by atoms with van der Waals surface area (Å²) in [6.07, 6.45) is 0.215. The van der Waals surface area contributed by atoms with Gasteiger partial charge >= 0.3 is 6.18 Å². The van der Waals surface area contributed by atoms with Crippen LogP contribution in [0.2, 0.25) is 0 Å². The molecule has 1 aromatic carbocycles. The summed E-state index contributed by atoms with van der Waals surface area (Å²) in [5.41, 5.74) is -0.0866. The summed E-state index contributed by atoms with van der Waals surface area (Å²) in [7, 11) is 0. The first-order valence-corrected chi connectivity index (χ1v) is 7.32. The van der Waals surface area contributed by atoms with Crippen LogP contribution >= 0.6 is 0 Å². The number of amides is 1. The standard InChI is InChI=1S/C16H20F3NO/c1-11-4-2-3-5-14(11)20-15(21)10-12-6-8-13(9-7-12)16(17,18)19/h6-9,11,14H,2-5,10H2,1H3,(H,20,21). The molecule has 1 N–H and O–H groups in total. The van der Waals surface area contributed by atoms with Gasteiger partial charge in [0.2, 0.25) is 5.91 Å². The van der Waals surface area contributed by atoms with E-state index in [0.29, 0.717) is 11.5 Å². The van der Waals surface area contributed by atoms with Crippen LogP contribution < -0.4 is 5.32 Å². The van der Waals surface area contributed by atoms with E-state index < -0.39 is 11.7 Å². The first kappa shape index (κ1) is 15.9. The molecule has 2 atom stereocenters. The number of halogens is 3. The van der Waals surface area contributed by atoms with Crippen LogP contribution in [0.5, 0.6) is 0 Å². The van der Waals surface area contributed by atoms with E-state index in [1.54, 1.807) is 0 Å². The molecule has 0 aliphatic heterocycles. The van der Waals surface area contributed by atoms with Crippen molar-refractivity contribution in [2.45, 2.75) is 51.2 Å². The van der Waals surface area contributed by atoms with E-state index in [0.717, 1.165) is 31.4 Å². The molecule has 1 amide bonds. The lowest BCUT2D eigenvalue weighted by atomic mass is 9.86. The molecule has 1 fully saturated rings. The first-order valence-electron chi connectivity index (χ1n) is 7.32. The molecule has 2 unspecified atom stereocenters. The number of alkyl halides is 3. The van der Waals surface area contributed by atoms with E-state index in [9.17, 15) is 18.0 Å². The lowest BCUT2D eigenvalue weighted by Crippen LogP contribution is -2.41. The predicted octanol–water partition coefficient (Wildman–Crippen LogP) is 3.94. The number of rotatable bonds is 3. The summed E-state index contributed by atoms with van der Waals surface area (Å²) in [6, 6.07) is 4.97. The van der Waals surface area contributed by atoms with Gasteiger partial charge in [-0.15, -0.1) is 0 Å². The normalized spacial score (nSPS) is 22.9. The second kappa shape index (κ2) is 6.50. The lowest BCUT2D eigenvalue weighted by molar-refractivity contribution is -0.137. The zero-order chi connectivity index (χ0) is 15.5. The highest BCUT2D eigenvalue weighted by molar-refractivity contribution is 5.78. The molecule has 0 radical (unpaired) electrons. The molecule has 1 aliphatic carbocycles. The van der Waals surface area contributed by atoms with Gasteiger partial charge < -0.3 is 5.32 Å². The number of benzene rings is 1. The molecule has 0 heterocycles. The van der Waals surface area contributed by atoms with Crippen LogP contribution in [0.4, 0.5) is 13.2 Å². The van der Waals surface area contributed by atoms with Crippen molar-refractivity contribution in [3.63, 3.8) is 0 Å². The van der Waals surface area contributed by atoms with E-state index in [4.69, 9.17) is 0 Å². The smallest absolute Gasteiger partial charge is 0.353 e. The fourth-order valence-corrected chi connectivity index (χ4v) is 2.79. The fraction of sp³-hybridized carbons (Fsp3) is 0.562. The summed E-state index contributed by atoms with van der Waals surface area (Å²) in [4.78, 5) is 12.0. The molecule has 21 heavy (non-hydrogen) atoms. The maximum absolute atomic E-state index is 12.5. The van der Waals surface area contributed by atoms with E-state index in [2.05, 4.69) is 12.2 Å². The molecule has 2 nitrogen and oxygen atoms in total. The minimum Gasteiger partial charge on any atom is -0.353 e. The molecule has 1 saturated carbocycles. The highest BCUT2D eigenvalue weighted by atomic mass is 19.4. The number of hydrogen-bond acceptors (Lipinski definition) is 1. The van der Waals surface area contributed by atoms with Gasteiger partial charge in [0.25, 0.3) is 0 Å². The van der Waals surface area contributed by atoms with Gasteiger partial charge in [-0.05, 0) is 36.5 Å². The second-order valence-electron chi connectivity index (χ2n) is 5.81. The van der Waals surface area contributed by atoms with Crippen LogP contribution in [-0.2, 0) is 17.4 Å². The van der Waals surface area contributed by atoms with Gasteiger partial charge in [0.1, 0.15) is 0 Å². The monoisotopic (exact) mass is 299 g/mol. The summed E-state index contributed by atoms with van der Waals surface area (Å²) >= 11 is 0. The summed E-state index contributed by atoms with van der Waals surface area (Å²) in [6.45, 7) is 2.13. The van der Waals surface area contributed by atoms with Crippen molar-refractivity contribution in [3.8, 4) is 0 Å². The zero-order valence-corrected chi connectivity index (χ0v) is 12.0. The Hall–Kier alpha value is -1.52. The van der Waals surface area contributed by atoms with Crippen molar-refractivity contribution in [2.24, 2.45) is 5.92 Å². The van der Waals surface area contributed by atoms with Gasteiger partial charge in [-0.25, -0.2) is 0 Å². The van der Waals surface area contributed by atoms with Gasteiger partial charge in [0.15, 0.2) is 0 Å². The molecule has 0 spiro atoms. The number of carbonyl (C=O) groups excluding carboxylic acids is 1. The van der Waals surface area contributed by atoms with E-state index in [-0.39, 0.29) is 18.4 Å². The highest BCUT2D eigenvalue weighted by Crippen LogP contribution is 2.29. The predicted molar refractivity (Wildman–Crippen MR) is 74.7 cm³/mol. The Labute approximate surface area is 122 Å². The summed E-state index contributed by atoms with van der Waals surface area (Å²) in [5, 5.41) is 3.00. The third-order valence-electron chi connectivity index (χ3n) is 4.10. The van der Waals surface area contributed by atoms with E-state index >= 15 is 0 Å². The molecule has 0 bridgehead atoms. The van der Waals surface area contributed by atoms with Crippen molar-refractivity contribution in [3.05, 3.63) is 35.4 Å². The fourth-order valence-electron chi connectivity index (χ4n) is 2.79.